The van der Waals surface area contributed by atoms with Crippen molar-refractivity contribution in [2.75, 3.05) is 7.05 Å². The Labute approximate surface area is 130 Å². The van der Waals surface area contributed by atoms with Gasteiger partial charge in [-0.25, -0.2) is 0 Å². The smallest absolute Gasteiger partial charge is 0.285 e. The van der Waals surface area contributed by atoms with E-state index in [1.54, 1.807) is 18.4 Å². The first-order chi connectivity index (χ1) is 10.4. The zero-order valence-electron chi connectivity index (χ0n) is 12.2. The van der Waals surface area contributed by atoms with E-state index in [1.165, 1.54) is 4.90 Å². The number of aryl methyl sites for hydroxylation is 1. The molecule has 2 aromatic heterocycles. The second kappa shape index (κ2) is 6.52. The number of amides is 1. The third-order valence-corrected chi connectivity index (χ3v) is 4.27. The fourth-order valence-corrected chi connectivity index (χ4v) is 2.84. The maximum Gasteiger partial charge on any atom is 0.285 e. The van der Waals surface area contributed by atoms with Gasteiger partial charge in [-0.15, -0.1) is 11.3 Å². The number of thiophene rings is 1. The molecule has 2 aromatic rings. The SMILES string of the molecule is Cc1ccsc1CN(C)C(=O)Cn1cc([N+](=O)[O-])ccc1=O. The Kier molecular flexibility index (Phi) is 4.71. The summed E-state index contributed by atoms with van der Waals surface area (Å²) in [6.45, 7) is 2.20. The molecule has 2 rings (SSSR count). The number of carbonyl (C=O) groups excluding carboxylic acids is 1. The van der Waals surface area contributed by atoms with Crippen LogP contribution in [-0.4, -0.2) is 27.3 Å². The van der Waals surface area contributed by atoms with E-state index in [2.05, 4.69) is 0 Å². The molecule has 0 aliphatic heterocycles. The molecule has 1 amide bonds. The van der Waals surface area contributed by atoms with Crippen LogP contribution >= 0.6 is 11.3 Å². The van der Waals surface area contributed by atoms with E-state index in [-0.39, 0.29) is 18.1 Å². The molecule has 0 fully saturated rings. The number of nitrogens with zero attached hydrogens (tertiary/aromatic N) is 3. The van der Waals surface area contributed by atoms with Gasteiger partial charge in [-0.05, 0) is 23.9 Å². The highest BCUT2D eigenvalue weighted by Crippen LogP contribution is 2.17. The summed E-state index contributed by atoms with van der Waals surface area (Å²) in [4.78, 5) is 36.6. The molecule has 0 saturated heterocycles. The number of rotatable bonds is 5. The fraction of sp³-hybridized carbons (Fsp3) is 0.286. The van der Waals surface area contributed by atoms with E-state index in [9.17, 15) is 19.7 Å². The van der Waals surface area contributed by atoms with Crippen molar-refractivity contribution < 1.29 is 9.72 Å². The van der Waals surface area contributed by atoms with Crippen LogP contribution in [0.15, 0.2) is 34.6 Å². The summed E-state index contributed by atoms with van der Waals surface area (Å²) in [5, 5.41) is 12.7. The molecular weight excluding hydrogens is 306 g/mol. The summed E-state index contributed by atoms with van der Waals surface area (Å²) in [7, 11) is 1.64. The van der Waals surface area contributed by atoms with Crippen molar-refractivity contribution in [2.45, 2.75) is 20.0 Å². The van der Waals surface area contributed by atoms with Gasteiger partial charge in [-0.3, -0.25) is 24.3 Å². The molecule has 116 valence electrons. The van der Waals surface area contributed by atoms with E-state index < -0.39 is 10.5 Å². The highest BCUT2D eigenvalue weighted by atomic mass is 32.1. The Morgan fingerprint density at radius 1 is 1.41 bits per heavy atom. The van der Waals surface area contributed by atoms with Gasteiger partial charge in [0.05, 0.1) is 17.7 Å². The van der Waals surface area contributed by atoms with Crippen molar-refractivity contribution >= 4 is 22.9 Å². The van der Waals surface area contributed by atoms with Crippen molar-refractivity contribution in [3.63, 3.8) is 0 Å². The van der Waals surface area contributed by atoms with Gasteiger partial charge in [-0.1, -0.05) is 0 Å². The molecule has 2 heterocycles. The number of nitro groups is 1. The lowest BCUT2D eigenvalue weighted by Crippen LogP contribution is -2.33. The quantitative estimate of drug-likeness (QED) is 0.620. The molecule has 0 unspecified atom stereocenters. The van der Waals surface area contributed by atoms with Crippen LogP contribution in [0.2, 0.25) is 0 Å². The Balaban J connectivity index is 2.11. The van der Waals surface area contributed by atoms with Crippen LogP contribution in [0.3, 0.4) is 0 Å². The third-order valence-electron chi connectivity index (χ3n) is 3.26. The van der Waals surface area contributed by atoms with Crippen LogP contribution in [0.5, 0.6) is 0 Å². The molecule has 8 heteroatoms. The third kappa shape index (κ3) is 3.59. The molecule has 0 saturated carbocycles. The highest BCUT2D eigenvalue weighted by molar-refractivity contribution is 7.10. The predicted octanol–water partition coefficient (Wildman–Crippen LogP) is 1.79. The largest absolute Gasteiger partial charge is 0.339 e. The minimum atomic E-state index is -0.598. The van der Waals surface area contributed by atoms with E-state index in [0.717, 1.165) is 33.3 Å². The van der Waals surface area contributed by atoms with Crippen LogP contribution in [0.1, 0.15) is 10.4 Å². The van der Waals surface area contributed by atoms with Crippen LogP contribution in [0.4, 0.5) is 5.69 Å². The molecule has 22 heavy (non-hydrogen) atoms. The average Bonchev–Trinajstić information content (AvgIpc) is 2.86. The van der Waals surface area contributed by atoms with Crippen molar-refractivity contribution in [3.05, 3.63) is 60.7 Å². The Morgan fingerprint density at radius 3 is 2.73 bits per heavy atom. The van der Waals surface area contributed by atoms with Crippen molar-refractivity contribution in [1.29, 1.82) is 0 Å². The standard InChI is InChI=1S/C14H15N3O4S/c1-10-5-6-22-12(10)8-15(2)14(19)9-16-7-11(17(20)21)3-4-13(16)18/h3-7H,8-9H2,1-2H3. The van der Waals surface area contributed by atoms with E-state index in [0.29, 0.717) is 6.54 Å². The molecule has 0 N–H and O–H groups in total. The first-order valence-electron chi connectivity index (χ1n) is 6.50. The maximum atomic E-state index is 12.2. The van der Waals surface area contributed by atoms with Gasteiger partial charge in [0, 0.05) is 24.1 Å². The fourth-order valence-electron chi connectivity index (χ4n) is 1.89. The molecule has 7 nitrogen and oxygen atoms in total. The summed E-state index contributed by atoms with van der Waals surface area (Å²) < 4.78 is 1.05. The number of aromatic nitrogens is 1. The van der Waals surface area contributed by atoms with Crippen LogP contribution < -0.4 is 5.56 Å². The molecular formula is C14H15N3O4S. The second-order valence-electron chi connectivity index (χ2n) is 4.89. The van der Waals surface area contributed by atoms with Gasteiger partial charge in [0.25, 0.3) is 11.2 Å². The minimum absolute atomic E-state index is 0.218. The zero-order chi connectivity index (χ0) is 16.3. The molecule has 0 spiro atoms. The predicted molar refractivity (Wildman–Crippen MR) is 82.9 cm³/mol. The van der Waals surface area contributed by atoms with Gasteiger partial charge < -0.3 is 4.90 Å². The summed E-state index contributed by atoms with van der Waals surface area (Å²) in [5.41, 5.74) is 0.445. The molecule has 0 aromatic carbocycles. The number of pyridine rings is 1. The number of hydrogen-bond donors (Lipinski definition) is 0. The number of likely N-dealkylation sites (N-methyl/N-ethyl adjacent to an activating group) is 1. The Hall–Kier alpha value is -2.48. The lowest BCUT2D eigenvalue weighted by molar-refractivity contribution is -0.385. The van der Waals surface area contributed by atoms with Crippen LogP contribution in [-0.2, 0) is 17.9 Å². The topological polar surface area (TPSA) is 85.4 Å². The minimum Gasteiger partial charge on any atom is -0.339 e. The highest BCUT2D eigenvalue weighted by Gasteiger charge is 2.15. The average molecular weight is 321 g/mol. The van der Waals surface area contributed by atoms with Gasteiger partial charge in [0.1, 0.15) is 6.54 Å². The summed E-state index contributed by atoms with van der Waals surface area (Å²) in [6.07, 6.45) is 1.09. The van der Waals surface area contributed by atoms with Gasteiger partial charge in [-0.2, -0.15) is 0 Å². The van der Waals surface area contributed by atoms with Crippen molar-refractivity contribution in [2.24, 2.45) is 0 Å². The summed E-state index contributed by atoms with van der Waals surface area (Å²) >= 11 is 1.56. The summed E-state index contributed by atoms with van der Waals surface area (Å²) in [5.74, 6) is -0.282. The molecule has 0 aliphatic carbocycles. The first kappa shape index (κ1) is 15.9. The maximum absolute atomic E-state index is 12.2. The van der Waals surface area contributed by atoms with Gasteiger partial charge in [0.2, 0.25) is 5.91 Å². The lowest BCUT2D eigenvalue weighted by Gasteiger charge is -2.17. The first-order valence-corrected chi connectivity index (χ1v) is 7.38. The Morgan fingerprint density at radius 2 is 2.14 bits per heavy atom. The lowest BCUT2D eigenvalue weighted by atomic mass is 10.3. The van der Waals surface area contributed by atoms with E-state index in [4.69, 9.17) is 0 Å². The van der Waals surface area contributed by atoms with Crippen LogP contribution in [0, 0.1) is 17.0 Å². The van der Waals surface area contributed by atoms with Crippen molar-refractivity contribution in [1.82, 2.24) is 9.47 Å². The van der Waals surface area contributed by atoms with Crippen LogP contribution in [0.25, 0.3) is 0 Å². The Bertz CT molecular complexity index is 765. The molecule has 0 bridgehead atoms. The summed E-state index contributed by atoms with van der Waals surface area (Å²) in [6, 6.07) is 4.19. The van der Waals surface area contributed by atoms with Gasteiger partial charge in [0.15, 0.2) is 0 Å². The van der Waals surface area contributed by atoms with Crippen molar-refractivity contribution in [3.8, 4) is 0 Å². The number of carbonyl (C=O) groups is 1. The number of hydrogen-bond acceptors (Lipinski definition) is 5. The van der Waals surface area contributed by atoms with E-state index in [1.807, 2.05) is 18.4 Å². The van der Waals surface area contributed by atoms with E-state index >= 15 is 0 Å². The molecule has 0 aliphatic rings. The van der Waals surface area contributed by atoms with Gasteiger partial charge >= 0.3 is 0 Å². The monoisotopic (exact) mass is 321 g/mol. The normalized spacial score (nSPS) is 10.5. The second-order valence-corrected chi connectivity index (χ2v) is 5.89. The molecule has 0 atom stereocenters. The zero-order valence-corrected chi connectivity index (χ0v) is 13.0. The molecule has 0 radical (unpaired) electrons.